The Kier molecular flexibility index (Phi) is 4.65. The van der Waals surface area contributed by atoms with Gasteiger partial charge in [-0.3, -0.25) is 0 Å². The lowest BCUT2D eigenvalue weighted by atomic mass is 10.0. The molecule has 2 heterocycles. The van der Waals surface area contributed by atoms with Crippen molar-refractivity contribution in [2.45, 2.75) is 6.04 Å². The van der Waals surface area contributed by atoms with Crippen molar-refractivity contribution in [3.8, 4) is 11.8 Å². The first-order valence-corrected chi connectivity index (χ1v) is 8.87. The molecule has 1 unspecified atom stereocenters. The minimum Gasteiger partial charge on any atom is -0.497 e. The summed E-state index contributed by atoms with van der Waals surface area (Å²) in [5.41, 5.74) is 2.98. The van der Waals surface area contributed by atoms with Crippen LogP contribution in [0.3, 0.4) is 0 Å². The molecule has 0 aliphatic heterocycles. The van der Waals surface area contributed by atoms with Gasteiger partial charge in [-0.05, 0) is 29.8 Å². The number of pyridine rings is 1. The highest BCUT2D eigenvalue weighted by molar-refractivity contribution is 5.92. The van der Waals surface area contributed by atoms with E-state index in [4.69, 9.17) is 4.74 Å². The van der Waals surface area contributed by atoms with Gasteiger partial charge in [-0.25, -0.2) is 9.97 Å². The van der Waals surface area contributed by atoms with E-state index in [1.807, 2.05) is 66.3 Å². The monoisotopic (exact) mass is 369 g/mol. The fourth-order valence-electron chi connectivity index (χ4n) is 3.28. The number of hydrogen-bond acceptors (Lipinski definition) is 5. The lowest BCUT2D eigenvalue weighted by Gasteiger charge is -2.22. The Bertz CT molecular complexity index is 1170. The summed E-state index contributed by atoms with van der Waals surface area (Å²) in [5, 5.41) is 13.9. The van der Waals surface area contributed by atoms with Crippen molar-refractivity contribution in [3.63, 3.8) is 0 Å². The summed E-state index contributed by atoms with van der Waals surface area (Å²) in [7, 11) is 3.61. The summed E-state index contributed by atoms with van der Waals surface area (Å²) < 4.78 is 7.38. The summed E-state index contributed by atoms with van der Waals surface area (Å²) >= 11 is 0. The Labute approximate surface area is 163 Å². The number of aromatic nitrogens is 3. The first kappa shape index (κ1) is 17.6. The van der Waals surface area contributed by atoms with Gasteiger partial charge < -0.3 is 14.6 Å². The number of rotatable bonds is 5. The van der Waals surface area contributed by atoms with Crippen LogP contribution in [0.1, 0.15) is 23.1 Å². The standard InChI is InChI=1S/C22H19N5O/c1-27-11-10-24-22(27)21(15-6-5-7-17(12-15)28-2)26-20-13-16(14-23)25-19-9-4-3-8-18(19)20/h3-13,21H,1-2H3,(H,25,26). The summed E-state index contributed by atoms with van der Waals surface area (Å²) in [6, 6.07) is 19.4. The maximum Gasteiger partial charge on any atom is 0.143 e. The van der Waals surface area contributed by atoms with Gasteiger partial charge in [-0.2, -0.15) is 5.26 Å². The third kappa shape index (κ3) is 3.26. The fourth-order valence-corrected chi connectivity index (χ4v) is 3.28. The number of benzene rings is 2. The fraction of sp³-hybridized carbons (Fsp3) is 0.136. The van der Waals surface area contributed by atoms with Gasteiger partial charge in [0.25, 0.3) is 0 Å². The molecule has 138 valence electrons. The highest BCUT2D eigenvalue weighted by Gasteiger charge is 2.20. The SMILES string of the molecule is COc1cccc(C(Nc2cc(C#N)nc3ccccc23)c2nccn2C)c1. The maximum atomic E-state index is 9.40. The van der Waals surface area contributed by atoms with E-state index < -0.39 is 0 Å². The van der Waals surface area contributed by atoms with E-state index in [0.29, 0.717) is 5.69 Å². The molecule has 1 N–H and O–H groups in total. The van der Waals surface area contributed by atoms with Crippen molar-refractivity contribution in [3.05, 3.63) is 84.1 Å². The Morgan fingerprint density at radius 3 is 2.75 bits per heavy atom. The van der Waals surface area contributed by atoms with Crippen LogP contribution in [0.4, 0.5) is 5.69 Å². The van der Waals surface area contributed by atoms with Crippen molar-refractivity contribution >= 4 is 16.6 Å². The van der Waals surface area contributed by atoms with Crippen molar-refractivity contribution in [1.29, 1.82) is 5.26 Å². The molecule has 4 aromatic rings. The molecule has 0 aliphatic carbocycles. The van der Waals surface area contributed by atoms with Gasteiger partial charge in [0.05, 0.1) is 12.6 Å². The molecule has 6 heteroatoms. The predicted octanol–water partition coefficient (Wildman–Crippen LogP) is 4.05. The molecule has 2 aromatic heterocycles. The molecule has 0 spiro atoms. The molecule has 0 amide bonds. The van der Waals surface area contributed by atoms with Crippen LogP contribution in [0.2, 0.25) is 0 Å². The van der Waals surface area contributed by atoms with Crippen LogP contribution < -0.4 is 10.1 Å². The number of imidazole rings is 1. The van der Waals surface area contributed by atoms with E-state index in [-0.39, 0.29) is 6.04 Å². The molecule has 4 rings (SSSR count). The van der Waals surface area contributed by atoms with Crippen LogP contribution in [0, 0.1) is 11.3 Å². The average molecular weight is 369 g/mol. The highest BCUT2D eigenvalue weighted by atomic mass is 16.5. The average Bonchev–Trinajstić information content (AvgIpc) is 3.17. The third-order valence-electron chi connectivity index (χ3n) is 4.67. The molecule has 2 aromatic carbocycles. The molecule has 0 aliphatic rings. The van der Waals surface area contributed by atoms with E-state index in [1.165, 1.54) is 0 Å². The first-order chi connectivity index (χ1) is 13.7. The summed E-state index contributed by atoms with van der Waals surface area (Å²) in [6.07, 6.45) is 3.69. The van der Waals surface area contributed by atoms with Crippen molar-refractivity contribution in [2.24, 2.45) is 7.05 Å². The number of fused-ring (bicyclic) bond motifs is 1. The number of ether oxygens (including phenoxy) is 1. The van der Waals surface area contributed by atoms with Crippen molar-refractivity contribution < 1.29 is 4.74 Å². The first-order valence-electron chi connectivity index (χ1n) is 8.87. The van der Waals surface area contributed by atoms with Gasteiger partial charge in [0.15, 0.2) is 0 Å². The number of aryl methyl sites for hydroxylation is 1. The van der Waals surface area contributed by atoms with Gasteiger partial charge in [-0.1, -0.05) is 30.3 Å². The van der Waals surface area contributed by atoms with Crippen molar-refractivity contribution in [1.82, 2.24) is 14.5 Å². The summed E-state index contributed by atoms with van der Waals surface area (Å²) in [6.45, 7) is 0. The molecule has 6 nitrogen and oxygen atoms in total. The molecule has 0 fully saturated rings. The maximum absolute atomic E-state index is 9.40. The lowest BCUT2D eigenvalue weighted by Crippen LogP contribution is -2.17. The van der Waals surface area contributed by atoms with Gasteiger partial charge >= 0.3 is 0 Å². The minimum absolute atomic E-state index is 0.229. The zero-order chi connectivity index (χ0) is 19.5. The minimum atomic E-state index is -0.229. The molecular formula is C22H19N5O. The van der Waals surface area contributed by atoms with Crippen LogP contribution in [0.5, 0.6) is 5.75 Å². The molecule has 0 saturated heterocycles. The van der Waals surface area contributed by atoms with Gasteiger partial charge in [0, 0.05) is 30.5 Å². The second-order valence-corrected chi connectivity index (χ2v) is 6.43. The number of hydrogen-bond donors (Lipinski definition) is 1. The van der Waals surface area contributed by atoms with Crippen LogP contribution in [-0.2, 0) is 7.05 Å². The number of methoxy groups -OCH3 is 1. The lowest BCUT2D eigenvalue weighted by molar-refractivity contribution is 0.414. The number of nitrogens with one attached hydrogen (secondary N) is 1. The quantitative estimate of drug-likeness (QED) is 0.574. The second-order valence-electron chi connectivity index (χ2n) is 6.43. The second kappa shape index (κ2) is 7.41. The molecule has 1 atom stereocenters. The normalized spacial score (nSPS) is 11.8. The van der Waals surface area contributed by atoms with Gasteiger partial charge in [0.2, 0.25) is 0 Å². The van der Waals surface area contributed by atoms with Gasteiger partial charge in [-0.15, -0.1) is 0 Å². The van der Waals surface area contributed by atoms with E-state index in [2.05, 4.69) is 21.4 Å². The van der Waals surface area contributed by atoms with Crippen LogP contribution in [0.25, 0.3) is 10.9 Å². The van der Waals surface area contributed by atoms with E-state index in [0.717, 1.165) is 33.7 Å². The highest BCUT2D eigenvalue weighted by Crippen LogP contribution is 2.31. The third-order valence-corrected chi connectivity index (χ3v) is 4.67. The topological polar surface area (TPSA) is 75.8 Å². The Hall–Kier alpha value is -3.85. The molecular weight excluding hydrogens is 350 g/mol. The number of para-hydroxylation sites is 1. The molecule has 0 bridgehead atoms. The van der Waals surface area contributed by atoms with E-state index in [9.17, 15) is 5.26 Å². The smallest absolute Gasteiger partial charge is 0.143 e. The Morgan fingerprint density at radius 1 is 1.14 bits per heavy atom. The van der Waals surface area contributed by atoms with Crippen LogP contribution in [0.15, 0.2) is 67.0 Å². The van der Waals surface area contributed by atoms with Crippen LogP contribution in [-0.4, -0.2) is 21.6 Å². The van der Waals surface area contributed by atoms with Crippen LogP contribution >= 0.6 is 0 Å². The Balaban J connectivity index is 1.86. The molecule has 0 radical (unpaired) electrons. The zero-order valence-corrected chi connectivity index (χ0v) is 15.6. The summed E-state index contributed by atoms with van der Waals surface area (Å²) in [5.74, 6) is 1.63. The Morgan fingerprint density at radius 2 is 2.00 bits per heavy atom. The number of anilines is 1. The summed E-state index contributed by atoms with van der Waals surface area (Å²) in [4.78, 5) is 8.95. The zero-order valence-electron chi connectivity index (χ0n) is 15.6. The number of nitriles is 1. The van der Waals surface area contributed by atoms with Crippen molar-refractivity contribution in [2.75, 3.05) is 12.4 Å². The van der Waals surface area contributed by atoms with E-state index in [1.54, 1.807) is 19.4 Å². The van der Waals surface area contributed by atoms with Gasteiger partial charge in [0.1, 0.15) is 29.4 Å². The molecule has 28 heavy (non-hydrogen) atoms. The molecule has 0 saturated carbocycles. The number of nitrogens with zero attached hydrogens (tertiary/aromatic N) is 4. The predicted molar refractivity (Wildman–Crippen MR) is 108 cm³/mol. The van der Waals surface area contributed by atoms with E-state index >= 15 is 0 Å². The largest absolute Gasteiger partial charge is 0.497 e.